The zero-order valence-corrected chi connectivity index (χ0v) is 24.1. The summed E-state index contributed by atoms with van der Waals surface area (Å²) in [6.45, 7) is 1.52. The lowest BCUT2D eigenvalue weighted by Crippen LogP contribution is -2.35. The lowest BCUT2D eigenvalue weighted by Gasteiger charge is -2.19. The predicted octanol–water partition coefficient (Wildman–Crippen LogP) is 5.33. The molecule has 4 rings (SSSR count). The number of likely N-dealkylation sites (N-methyl/N-ethyl adjacent to an activating group) is 1. The van der Waals surface area contributed by atoms with Crippen LogP contribution in [-0.2, 0) is 32.6 Å². The third kappa shape index (κ3) is 7.87. The summed E-state index contributed by atoms with van der Waals surface area (Å²) >= 11 is 0. The number of halogens is 2. The molecule has 222 valence electrons. The Kier molecular flexibility index (Phi) is 9.84. The molecule has 0 unspecified atom stereocenters. The second kappa shape index (κ2) is 13.5. The van der Waals surface area contributed by atoms with Gasteiger partial charge in [0, 0.05) is 25.7 Å². The van der Waals surface area contributed by atoms with Gasteiger partial charge in [-0.3, -0.25) is 9.19 Å². The summed E-state index contributed by atoms with van der Waals surface area (Å²) in [4.78, 5) is 35.5. The molecule has 2 aromatic carbocycles. The first-order valence-corrected chi connectivity index (χ1v) is 14.3. The van der Waals surface area contributed by atoms with Crippen molar-refractivity contribution in [2.24, 2.45) is 0 Å². The standard InChI is InChI=1S/C29H30F2N4O6S/c1-20-23(32-14-13-25(20)41-19-29(2,30)31)18-42(38)26-33-22-11-7-8-12-24(22)35(26)27(36)34(3)15-16-39-28(37)40-17-21-9-5-4-6-10-21/h4-14H,15-19H2,1-3H3/t42-/m1/s1. The molecule has 0 radical (unpaired) electrons. The number of benzene rings is 2. The highest BCUT2D eigenvalue weighted by Gasteiger charge is 2.26. The quantitative estimate of drug-likeness (QED) is 0.212. The number of ether oxygens (including phenoxy) is 3. The van der Waals surface area contributed by atoms with Gasteiger partial charge in [0.1, 0.15) is 19.0 Å². The molecule has 0 saturated carbocycles. The largest absolute Gasteiger partial charge is 0.508 e. The van der Waals surface area contributed by atoms with Crippen LogP contribution >= 0.6 is 0 Å². The van der Waals surface area contributed by atoms with Crippen molar-refractivity contribution in [2.45, 2.75) is 37.3 Å². The minimum Gasteiger partial charge on any atom is -0.487 e. The van der Waals surface area contributed by atoms with Crippen molar-refractivity contribution in [2.75, 3.05) is 26.8 Å². The highest BCUT2D eigenvalue weighted by atomic mass is 32.2. The van der Waals surface area contributed by atoms with Gasteiger partial charge in [-0.15, -0.1) is 0 Å². The minimum atomic E-state index is -3.02. The molecule has 4 aromatic rings. The maximum absolute atomic E-state index is 13.6. The summed E-state index contributed by atoms with van der Waals surface area (Å²) in [7, 11) is -0.344. The maximum Gasteiger partial charge on any atom is 0.508 e. The molecule has 13 heteroatoms. The second-order valence-electron chi connectivity index (χ2n) is 9.52. The highest BCUT2D eigenvalue weighted by Crippen LogP contribution is 2.26. The number of amides is 1. The van der Waals surface area contributed by atoms with Gasteiger partial charge in [-0.25, -0.2) is 27.9 Å². The van der Waals surface area contributed by atoms with Crippen molar-refractivity contribution < 1.29 is 36.8 Å². The number of pyridine rings is 1. The van der Waals surface area contributed by atoms with Crippen LogP contribution in [0.3, 0.4) is 0 Å². The summed E-state index contributed by atoms with van der Waals surface area (Å²) in [5.74, 6) is -2.96. The number of rotatable bonds is 11. The molecule has 2 heterocycles. The molecule has 0 saturated heterocycles. The van der Waals surface area contributed by atoms with Crippen LogP contribution in [0, 0.1) is 6.92 Å². The normalized spacial score (nSPS) is 12.1. The number of carbonyl (C=O) groups excluding carboxylic acids is 2. The number of alkyl halides is 2. The molecule has 1 atom stereocenters. The molecule has 0 aliphatic carbocycles. The number of fused-ring (bicyclic) bond motifs is 1. The third-order valence-electron chi connectivity index (χ3n) is 6.11. The second-order valence-corrected chi connectivity index (χ2v) is 10.9. The monoisotopic (exact) mass is 600 g/mol. The van der Waals surface area contributed by atoms with E-state index in [9.17, 15) is 22.6 Å². The van der Waals surface area contributed by atoms with E-state index in [0.29, 0.717) is 22.3 Å². The first-order chi connectivity index (χ1) is 20.0. The van der Waals surface area contributed by atoms with Crippen LogP contribution in [0.1, 0.15) is 23.7 Å². The number of aromatic nitrogens is 3. The molecule has 10 nitrogen and oxygen atoms in total. The topological polar surface area (TPSA) is 113 Å². The molecule has 0 fully saturated rings. The maximum atomic E-state index is 13.6. The first kappa shape index (κ1) is 30.6. The first-order valence-electron chi connectivity index (χ1n) is 12.9. The average molecular weight is 601 g/mol. The van der Waals surface area contributed by atoms with Crippen molar-refractivity contribution in [3.8, 4) is 5.75 Å². The van der Waals surface area contributed by atoms with Crippen molar-refractivity contribution in [1.82, 2.24) is 19.4 Å². The number of nitrogens with zero attached hydrogens (tertiary/aromatic N) is 4. The van der Waals surface area contributed by atoms with Crippen LogP contribution in [-0.4, -0.2) is 68.6 Å². The summed E-state index contributed by atoms with van der Waals surface area (Å²) in [6, 6.07) is 16.9. The third-order valence-corrected chi connectivity index (χ3v) is 7.32. The van der Waals surface area contributed by atoms with Crippen molar-refractivity contribution >= 4 is 34.0 Å². The van der Waals surface area contributed by atoms with Crippen LogP contribution < -0.4 is 4.74 Å². The molecule has 0 aliphatic rings. The van der Waals surface area contributed by atoms with Crippen LogP contribution in [0.4, 0.5) is 18.4 Å². The Labute approximate surface area is 243 Å². The fourth-order valence-electron chi connectivity index (χ4n) is 3.89. The van der Waals surface area contributed by atoms with Gasteiger partial charge in [0.15, 0.2) is 6.61 Å². The highest BCUT2D eigenvalue weighted by molar-refractivity contribution is 7.84. The molecule has 0 bridgehead atoms. The van der Waals surface area contributed by atoms with Gasteiger partial charge in [0.25, 0.3) is 5.92 Å². The zero-order valence-electron chi connectivity index (χ0n) is 23.3. The summed E-state index contributed by atoms with van der Waals surface area (Å²) in [6.07, 6.45) is 0.515. The van der Waals surface area contributed by atoms with Crippen LogP contribution in [0.2, 0.25) is 0 Å². The number of hydrogen-bond acceptors (Lipinski definition) is 8. The van der Waals surface area contributed by atoms with E-state index in [4.69, 9.17) is 14.2 Å². The Bertz CT molecular complexity index is 1580. The van der Waals surface area contributed by atoms with Crippen LogP contribution in [0.15, 0.2) is 72.0 Å². The van der Waals surface area contributed by atoms with Gasteiger partial charge < -0.3 is 19.1 Å². The van der Waals surface area contributed by atoms with E-state index in [0.717, 1.165) is 12.5 Å². The Morgan fingerprint density at radius 1 is 1.05 bits per heavy atom. The molecule has 1 amide bonds. The van der Waals surface area contributed by atoms with Crippen LogP contribution in [0.25, 0.3) is 11.0 Å². The van der Waals surface area contributed by atoms with E-state index in [1.807, 2.05) is 30.3 Å². The van der Waals surface area contributed by atoms with Crippen molar-refractivity contribution in [3.63, 3.8) is 0 Å². The van der Waals surface area contributed by atoms with E-state index < -0.39 is 35.5 Å². The van der Waals surface area contributed by atoms with Crippen molar-refractivity contribution in [3.05, 3.63) is 83.7 Å². The minimum absolute atomic E-state index is 0.0103. The smallest absolute Gasteiger partial charge is 0.487 e. The van der Waals surface area contributed by atoms with Gasteiger partial charge in [-0.05, 0) is 30.7 Å². The summed E-state index contributed by atoms with van der Waals surface area (Å²) in [5, 5.41) is -0.0103. The average Bonchev–Trinajstić information content (AvgIpc) is 3.36. The van der Waals surface area contributed by atoms with E-state index >= 15 is 0 Å². The molecule has 0 aliphatic heterocycles. The fourth-order valence-corrected chi connectivity index (χ4v) is 5.13. The van der Waals surface area contributed by atoms with E-state index in [-0.39, 0.29) is 36.4 Å². The SMILES string of the molecule is Cc1c(OCC(C)(F)F)ccnc1C[S@@](=O)c1nc2ccccc2n1C(=O)N(C)CCOC(=O)OCc1ccccc1. The molecular formula is C29H30F2N4O6S. The molecular weight excluding hydrogens is 570 g/mol. The molecule has 42 heavy (non-hydrogen) atoms. The van der Waals surface area contributed by atoms with Gasteiger partial charge >= 0.3 is 12.2 Å². The Morgan fingerprint density at radius 3 is 2.50 bits per heavy atom. The molecule has 0 N–H and O–H groups in total. The summed E-state index contributed by atoms with van der Waals surface area (Å²) < 4.78 is 56.9. The Morgan fingerprint density at radius 2 is 1.76 bits per heavy atom. The van der Waals surface area contributed by atoms with Gasteiger partial charge in [0.05, 0.1) is 39.8 Å². The number of imidazole rings is 1. The van der Waals surface area contributed by atoms with E-state index in [1.165, 1.54) is 28.8 Å². The predicted molar refractivity (Wildman–Crippen MR) is 151 cm³/mol. The fraction of sp³-hybridized carbons (Fsp3) is 0.310. The lowest BCUT2D eigenvalue weighted by molar-refractivity contribution is -0.0231. The lowest BCUT2D eigenvalue weighted by atomic mass is 10.2. The zero-order chi connectivity index (χ0) is 30.3. The molecule has 0 spiro atoms. The van der Waals surface area contributed by atoms with E-state index in [2.05, 4.69) is 9.97 Å². The van der Waals surface area contributed by atoms with Gasteiger partial charge in [0.2, 0.25) is 5.16 Å². The number of hydrogen-bond donors (Lipinski definition) is 0. The Balaban J connectivity index is 1.45. The number of para-hydroxylation sites is 2. The van der Waals surface area contributed by atoms with Gasteiger partial charge in [-0.1, -0.05) is 42.5 Å². The van der Waals surface area contributed by atoms with Crippen LogP contribution in [0.5, 0.6) is 5.75 Å². The van der Waals surface area contributed by atoms with E-state index in [1.54, 1.807) is 31.2 Å². The van der Waals surface area contributed by atoms with Gasteiger partial charge in [-0.2, -0.15) is 0 Å². The van der Waals surface area contributed by atoms with Crippen molar-refractivity contribution in [1.29, 1.82) is 0 Å². The number of carbonyl (C=O) groups is 2. The summed E-state index contributed by atoms with van der Waals surface area (Å²) in [5.41, 5.74) is 2.51. The Hall–Kier alpha value is -4.39. The molecule has 2 aromatic heterocycles.